The molecular formula is C9H19NO2S. The lowest BCUT2D eigenvalue weighted by Gasteiger charge is -2.22. The fourth-order valence-corrected chi connectivity index (χ4v) is 1.89. The first-order valence-electron chi connectivity index (χ1n) is 4.64. The zero-order valence-corrected chi connectivity index (χ0v) is 9.43. The summed E-state index contributed by atoms with van der Waals surface area (Å²) >= 11 is 1.84. The van der Waals surface area contributed by atoms with Crippen LogP contribution in [0.3, 0.4) is 0 Å². The van der Waals surface area contributed by atoms with Crippen LogP contribution in [0.5, 0.6) is 0 Å². The number of thioether (sulfide) groups is 1. The molecule has 0 rings (SSSR count). The van der Waals surface area contributed by atoms with Crippen molar-refractivity contribution in [2.45, 2.75) is 26.3 Å². The maximum atomic E-state index is 10.8. The Morgan fingerprint density at radius 1 is 1.54 bits per heavy atom. The average molecular weight is 205 g/mol. The van der Waals surface area contributed by atoms with Gasteiger partial charge < -0.3 is 5.11 Å². The molecule has 0 radical (unpaired) electrons. The van der Waals surface area contributed by atoms with Gasteiger partial charge in [0.15, 0.2) is 0 Å². The van der Waals surface area contributed by atoms with Crippen molar-refractivity contribution in [3.8, 4) is 0 Å². The molecular weight excluding hydrogens is 186 g/mol. The molecule has 1 atom stereocenters. The minimum atomic E-state index is -0.716. The number of hydrogen-bond acceptors (Lipinski definition) is 3. The summed E-state index contributed by atoms with van der Waals surface area (Å²) in [5.74, 6) is 1.39. The third-order valence-electron chi connectivity index (χ3n) is 2.00. The number of carbonyl (C=O) groups is 1. The normalized spacial score (nSPS) is 13.2. The van der Waals surface area contributed by atoms with Gasteiger partial charge >= 0.3 is 5.97 Å². The highest BCUT2D eigenvalue weighted by Crippen LogP contribution is 2.05. The topological polar surface area (TPSA) is 40.5 Å². The molecule has 4 heteroatoms. The number of likely N-dealkylation sites (N-methyl/N-ethyl adjacent to an activating group) is 1. The molecule has 0 fully saturated rings. The minimum Gasteiger partial charge on any atom is -0.480 e. The molecule has 1 unspecified atom stereocenters. The van der Waals surface area contributed by atoms with Crippen LogP contribution < -0.4 is 0 Å². The number of rotatable bonds is 7. The lowest BCUT2D eigenvalue weighted by molar-refractivity contribution is -0.142. The molecule has 0 saturated heterocycles. The third kappa shape index (κ3) is 5.16. The lowest BCUT2D eigenvalue weighted by Crippen LogP contribution is -2.39. The molecule has 0 aliphatic rings. The highest BCUT2D eigenvalue weighted by Gasteiger charge is 2.19. The largest absolute Gasteiger partial charge is 0.480 e. The van der Waals surface area contributed by atoms with E-state index in [1.807, 2.05) is 30.6 Å². The van der Waals surface area contributed by atoms with Gasteiger partial charge in [0.05, 0.1) is 0 Å². The molecule has 0 saturated carbocycles. The number of aliphatic carboxylic acids is 1. The first kappa shape index (κ1) is 12.8. The summed E-state index contributed by atoms with van der Waals surface area (Å²) in [7, 11) is 1.87. The van der Waals surface area contributed by atoms with Crippen LogP contribution >= 0.6 is 11.8 Å². The molecule has 3 nitrogen and oxygen atoms in total. The Balaban J connectivity index is 3.77. The Morgan fingerprint density at radius 3 is 2.54 bits per heavy atom. The SMILES string of the molecule is CCSCCN(C)C(CC)C(=O)O. The fourth-order valence-electron chi connectivity index (χ4n) is 1.18. The second kappa shape index (κ2) is 7.21. The average Bonchev–Trinajstić information content (AvgIpc) is 2.05. The van der Waals surface area contributed by atoms with Gasteiger partial charge in [0.2, 0.25) is 0 Å². The Bertz CT molecular complexity index is 153. The van der Waals surface area contributed by atoms with E-state index in [9.17, 15) is 4.79 Å². The van der Waals surface area contributed by atoms with E-state index in [0.717, 1.165) is 18.1 Å². The van der Waals surface area contributed by atoms with Gasteiger partial charge in [-0.15, -0.1) is 0 Å². The van der Waals surface area contributed by atoms with E-state index in [1.165, 1.54) is 0 Å². The van der Waals surface area contributed by atoms with E-state index >= 15 is 0 Å². The van der Waals surface area contributed by atoms with Gasteiger partial charge in [-0.2, -0.15) is 11.8 Å². The molecule has 0 aliphatic heterocycles. The Labute approximate surface area is 84.5 Å². The predicted octanol–water partition coefficient (Wildman–Crippen LogP) is 1.53. The summed E-state index contributed by atoms with van der Waals surface area (Å²) in [5, 5.41) is 8.85. The van der Waals surface area contributed by atoms with Crippen LogP contribution in [0.15, 0.2) is 0 Å². The van der Waals surface area contributed by atoms with Crippen molar-refractivity contribution < 1.29 is 9.90 Å². The van der Waals surface area contributed by atoms with Crippen molar-refractivity contribution in [3.05, 3.63) is 0 Å². The number of nitrogens with zero attached hydrogens (tertiary/aromatic N) is 1. The van der Waals surface area contributed by atoms with Crippen molar-refractivity contribution in [1.82, 2.24) is 4.90 Å². The van der Waals surface area contributed by atoms with Crippen LogP contribution in [0.2, 0.25) is 0 Å². The molecule has 0 aromatic rings. The van der Waals surface area contributed by atoms with Gasteiger partial charge in [0, 0.05) is 12.3 Å². The Kier molecular flexibility index (Phi) is 7.09. The van der Waals surface area contributed by atoms with Crippen LogP contribution in [0.4, 0.5) is 0 Å². The van der Waals surface area contributed by atoms with Crippen LogP contribution in [-0.2, 0) is 4.79 Å². The minimum absolute atomic E-state index is 0.322. The van der Waals surface area contributed by atoms with Crippen LogP contribution in [0.1, 0.15) is 20.3 Å². The quantitative estimate of drug-likeness (QED) is 0.640. The molecule has 78 valence electrons. The summed E-state index contributed by atoms with van der Waals surface area (Å²) in [6, 6.07) is -0.322. The molecule has 0 amide bonds. The first-order chi connectivity index (χ1) is 6.13. The van der Waals surface area contributed by atoms with Gasteiger partial charge in [-0.05, 0) is 19.2 Å². The highest BCUT2D eigenvalue weighted by molar-refractivity contribution is 7.99. The molecule has 0 aliphatic carbocycles. The second-order valence-corrected chi connectivity index (χ2v) is 4.33. The molecule has 1 N–H and O–H groups in total. The van der Waals surface area contributed by atoms with Crippen molar-refractivity contribution in [3.63, 3.8) is 0 Å². The van der Waals surface area contributed by atoms with E-state index in [4.69, 9.17) is 5.11 Å². The summed E-state index contributed by atoms with van der Waals surface area (Å²) in [6.07, 6.45) is 0.669. The summed E-state index contributed by atoms with van der Waals surface area (Å²) in [4.78, 5) is 12.7. The maximum Gasteiger partial charge on any atom is 0.320 e. The molecule has 0 spiro atoms. The molecule has 0 bridgehead atoms. The predicted molar refractivity (Wildman–Crippen MR) is 57.3 cm³/mol. The number of hydrogen-bond donors (Lipinski definition) is 1. The Hall–Kier alpha value is -0.220. The smallest absolute Gasteiger partial charge is 0.320 e. The highest BCUT2D eigenvalue weighted by atomic mass is 32.2. The standard InChI is InChI=1S/C9H19NO2S/c1-4-8(9(11)12)10(3)6-7-13-5-2/h8H,4-7H2,1-3H3,(H,11,12). The third-order valence-corrected chi connectivity index (χ3v) is 2.88. The monoisotopic (exact) mass is 205 g/mol. The fraction of sp³-hybridized carbons (Fsp3) is 0.889. The van der Waals surface area contributed by atoms with Gasteiger partial charge in [-0.3, -0.25) is 9.69 Å². The van der Waals surface area contributed by atoms with Crippen molar-refractivity contribution >= 4 is 17.7 Å². The van der Waals surface area contributed by atoms with Gasteiger partial charge in [0.1, 0.15) is 6.04 Å². The summed E-state index contributed by atoms with van der Waals surface area (Å²) < 4.78 is 0. The van der Waals surface area contributed by atoms with Crippen LogP contribution in [0.25, 0.3) is 0 Å². The van der Waals surface area contributed by atoms with E-state index in [1.54, 1.807) is 0 Å². The second-order valence-electron chi connectivity index (χ2n) is 2.94. The molecule has 13 heavy (non-hydrogen) atoms. The maximum absolute atomic E-state index is 10.8. The van der Waals surface area contributed by atoms with Crippen LogP contribution in [-0.4, -0.2) is 47.1 Å². The lowest BCUT2D eigenvalue weighted by atomic mass is 10.2. The van der Waals surface area contributed by atoms with Gasteiger partial charge in [0.25, 0.3) is 0 Å². The first-order valence-corrected chi connectivity index (χ1v) is 5.79. The van der Waals surface area contributed by atoms with Gasteiger partial charge in [-0.1, -0.05) is 13.8 Å². The zero-order chi connectivity index (χ0) is 10.3. The summed E-state index contributed by atoms with van der Waals surface area (Å²) in [6.45, 7) is 4.87. The Morgan fingerprint density at radius 2 is 2.15 bits per heavy atom. The van der Waals surface area contributed by atoms with E-state index in [2.05, 4.69) is 6.92 Å². The number of carboxylic acids is 1. The van der Waals surface area contributed by atoms with Crippen molar-refractivity contribution in [2.75, 3.05) is 25.1 Å². The molecule has 0 heterocycles. The molecule has 0 aromatic carbocycles. The van der Waals surface area contributed by atoms with E-state index in [0.29, 0.717) is 6.42 Å². The van der Waals surface area contributed by atoms with E-state index < -0.39 is 5.97 Å². The molecule has 0 aromatic heterocycles. The van der Waals surface area contributed by atoms with Crippen molar-refractivity contribution in [1.29, 1.82) is 0 Å². The summed E-state index contributed by atoms with van der Waals surface area (Å²) in [5.41, 5.74) is 0. The number of carboxylic acid groups (broad SMARTS) is 1. The van der Waals surface area contributed by atoms with Crippen LogP contribution in [0, 0.1) is 0 Å². The van der Waals surface area contributed by atoms with Gasteiger partial charge in [-0.25, -0.2) is 0 Å². The van der Waals surface area contributed by atoms with Crippen molar-refractivity contribution in [2.24, 2.45) is 0 Å². The van der Waals surface area contributed by atoms with E-state index in [-0.39, 0.29) is 6.04 Å². The zero-order valence-electron chi connectivity index (χ0n) is 8.62.